The molecule has 0 saturated carbocycles. The lowest BCUT2D eigenvalue weighted by atomic mass is 10.0. The molecule has 0 rings (SSSR count). The molecule has 3 nitrogen and oxygen atoms in total. The van der Waals surface area contributed by atoms with Gasteiger partial charge in [-0.3, -0.25) is 4.79 Å². The first-order chi connectivity index (χ1) is 10.7. The zero-order valence-corrected chi connectivity index (χ0v) is 14.7. The Hall–Kier alpha value is -0.570. The van der Waals surface area contributed by atoms with Gasteiger partial charge in [0.1, 0.15) is 0 Å². The Morgan fingerprint density at radius 1 is 0.727 bits per heavy atom. The number of aliphatic carboxylic acids is 1. The van der Waals surface area contributed by atoms with Crippen molar-refractivity contribution in [3.8, 4) is 0 Å². The lowest BCUT2D eigenvalue weighted by Gasteiger charge is -2.09. The lowest BCUT2D eigenvalue weighted by molar-refractivity contribution is -0.137. The van der Waals surface area contributed by atoms with Crippen LogP contribution in [0.3, 0.4) is 0 Å². The second kappa shape index (κ2) is 16.8. The van der Waals surface area contributed by atoms with Crippen molar-refractivity contribution in [1.29, 1.82) is 0 Å². The lowest BCUT2D eigenvalue weighted by Crippen LogP contribution is -2.05. The van der Waals surface area contributed by atoms with E-state index in [1.807, 2.05) is 0 Å². The van der Waals surface area contributed by atoms with E-state index in [1.54, 1.807) is 0 Å². The first kappa shape index (κ1) is 21.4. The van der Waals surface area contributed by atoms with Crippen LogP contribution >= 0.6 is 0 Å². The maximum Gasteiger partial charge on any atom is 0.303 e. The fraction of sp³-hybridized carbons (Fsp3) is 0.947. The van der Waals surface area contributed by atoms with Gasteiger partial charge >= 0.3 is 5.97 Å². The summed E-state index contributed by atoms with van der Waals surface area (Å²) in [7, 11) is 0. The largest absolute Gasteiger partial charge is 0.481 e. The minimum absolute atomic E-state index is 0.0719. The summed E-state index contributed by atoms with van der Waals surface area (Å²) >= 11 is 0. The maximum absolute atomic E-state index is 10.4. The molecule has 0 bridgehead atoms. The van der Waals surface area contributed by atoms with Gasteiger partial charge in [0.25, 0.3) is 0 Å². The number of rotatable bonds is 17. The van der Waals surface area contributed by atoms with Crippen LogP contribution in [-0.2, 0) is 4.79 Å². The summed E-state index contributed by atoms with van der Waals surface area (Å²) in [6, 6.07) is 0. The van der Waals surface area contributed by atoms with Crippen molar-refractivity contribution in [1.82, 2.24) is 0 Å². The summed E-state index contributed by atoms with van der Waals surface area (Å²) < 4.78 is 0. The van der Waals surface area contributed by atoms with Crippen LogP contribution in [0.4, 0.5) is 0 Å². The van der Waals surface area contributed by atoms with Crippen molar-refractivity contribution in [3.63, 3.8) is 0 Å². The molecular formula is C19H38O3. The molecular weight excluding hydrogens is 276 g/mol. The van der Waals surface area contributed by atoms with Crippen LogP contribution in [0.2, 0.25) is 0 Å². The molecule has 0 aromatic rings. The van der Waals surface area contributed by atoms with Gasteiger partial charge in [0.15, 0.2) is 0 Å². The molecule has 0 heterocycles. The van der Waals surface area contributed by atoms with Crippen LogP contribution in [0.15, 0.2) is 0 Å². The molecule has 0 aliphatic rings. The molecule has 0 amide bonds. The third-order valence-electron chi connectivity index (χ3n) is 4.32. The fourth-order valence-corrected chi connectivity index (χ4v) is 2.84. The standard InChI is InChI=1S/C19H38O3/c1-2-3-12-15-18(20)16-13-10-8-6-4-5-7-9-11-14-17-19(21)22/h18,20H,2-17H2,1H3,(H,21,22). The number of carbonyl (C=O) groups is 1. The van der Waals surface area contributed by atoms with E-state index in [-0.39, 0.29) is 6.10 Å². The van der Waals surface area contributed by atoms with Gasteiger partial charge < -0.3 is 10.2 Å². The van der Waals surface area contributed by atoms with Crippen molar-refractivity contribution >= 4 is 5.97 Å². The first-order valence-electron chi connectivity index (χ1n) is 9.56. The first-order valence-corrected chi connectivity index (χ1v) is 9.56. The van der Waals surface area contributed by atoms with Crippen LogP contribution < -0.4 is 0 Å². The Labute approximate surface area is 137 Å². The zero-order chi connectivity index (χ0) is 16.5. The van der Waals surface area contributed by atoms with Gasteiger partial charge in [-0.05, 0) is 19.3 Å². The van der Waals surface area contributed by atoms with E-state index < -0.39 is 5.97 Å². The topological polar surface area (TPSA) is 57.5 Å². The minimum Gasteiger partial charge on any atom is -0.481 e. The van der Waals surface area contributed by atoms with Gasteiger partial charge in [-0.1, -0.05) is 84.0 Å². The summed E-state index contributed by atoms with van der Waals surface area (Å²) in [5.74, 6) is -0.671. The average Bonchev–Trinajstić information content (AvgIpc) is 2.48. The number of hydrogen-bond acceptors (Lipinski definition) is 2. The molecule has 0 aromatic heterocycles. The average molecular weight is 315 g/mol. The van der Waals surface area contributed by atoms with E-state index >= 15 is 0 Å². The van der Waals surface area contributed by atoms with Crippen LogP contribution in [0, 0.1) is 0 Å². The highest BCUT2D eigenvalue weighted by atomic mass is 16.4. The normalized spacial score (nSPS) is 12.5. The molecule has 3 heteroatoms. The van der Waals surface area contributed by atoms with Crippen LogP contribution in [0.1, 0.15) is 110 Å². The van der Waals surface area contributed by atoms with E-state index in [4.69, 9.17) is 5.11 Å². The SMILES string of the molecule is CCCCCC(O)CCCCCCCCCCCCC(=O)O. The summed E-state index contributed by atoms with van der Waals surface area (Å²) in [6.45, 7) is 2.20. The van der Waals surface area contributed by atoms with Crippen molar-refractivity contribution in [3.05, 3.63) is 0 Å². The summed E-state index contributed by atoms with van der Waals surface area (Å²) in [4.78, 5) is 10.4. The highest BCUT2D eigenvalue weighted by Crippen LogP contribution is 2.14. The molecule has 0 aromatic carbocycles. The Kier molecular flexibility index (Phi) is 16.4. The Balaban J connectivity index is 3.09. The zero-order valence-electron chi connectivity index (χ0n) is 14.7. The van der Waals surface area contributed by atoms with E-state index in [0.29, 0.717) is 6.42 Å². The Morgan fingerprint density at radius 2 is 1.14 bits per heavy atom. The molecule has 0 radical (unpaired) electrons. The Bertz CT molecular complexity index is 241. The molecule has 1 atom stereocenters. The van der Waals surface area contributed by atoms with Crippen molar-refractivity contribution in [2.24, 2.45) is 0 Å². The molecule has 1 unspecified atom stereocenters. The highest BCUT2D eigenvalue weighted by molar-refractivity contribution is 5.66. The van der Waals surface area contributed by atoms with Gasteiger partial charge in [-0.15, -0.1) is 0 Å². The predicted octanol–water partition coefficient (Wildman–Crippen LogP) is 5.69. The number of carboxylic acid groups (broad SMARTS) is 1. The van der Waals surface area contributed by atoms with E-state index in [9.17, 15) is 9.90 Å². The molecule has 132 valence electrons. The van der Waals surface area contributed by atoms with Gasteiger partial charge in [0, 0.05) is 6.42 Å². The third-order valence-corrected chi connectivity index (χ3v) is 4.32. The number of aliphatic hydroxyl groups is 1. The van der Waals surface area contributed by atoms with Crippen molar-refractivity contribution in [2.45, 2.75) is 116 Å². The van der Waals surface area contributed by atoms with Crippen molar-refractivity contribution < 1.29 is 15.0 Å². The second-order valence-electron chi connectivity index (χ2n) is 6.62. The summed E-state index contributed by atoms with van der Waals surface area (Å²) in [5, 5.41) is 18.3. The molecule has 2 N–H and O–H groups in total. The predicted molar refractivity (Wildman–Crippen MR) is 93.2 cm³/mol. The van der Waals surface area contributed by atoms with E-state index in [1.165, 1.54) is 70.6 Å². The number of unbranched alkanes of at least 4 members (excludes halogenated alkanes) is 11. The Morgan fingerprint density at radius 3 is 1.59 bits per heavy atom. The molecule has 0 spiro atoms. The van der Waals surface area contributed by atoms with Gasteiger partial charge in [-0.2, -0.15) is 0 Å². The third kappa shape index (κ3) is 17.5. The number of carboxylic acids is 1. The quantitative estimate of drug-likeness (QED) is 0.339. The van der Waals surface area contributed by atoms with Crippen LogP contribution in [-0.4, -0.2) is 22.3 Å². The second-order valence-corrected chi connectivity index (χ2v) is 6.62. The fourth-order valence-electron chi connectivity index (χ4n) is 2.84. The van der Waals surface area contributed by atoms with Crippen LogP contribution in [0.5, 0.6) is 0 Å². The summed E-state index contributed by atoms with van der Waals surface area (Å²) in [5.41, 5.74) is 0. The number of hydrogen-bond donors (Lipinski definition) is 2. The highest BCUT2D eigenvalue weighted by Gasteiger charge is 2.03. The van der Waals surface area contributed by atoms with E-state index in [2.05, 4.69) is 6.92 Å². The minimum atomic E-state index is -0.671. The maximum atomic E-state index is 10.4. The monoisotopic (exact) mass is 314 g/mol. The van der Waals surface area contributed by atoms with Gasteiger partial charge in [-0.25, -0.2) is 0 Å². The van der Waals surface area contributed by atoms with Gasteiger partial charge in [0.2, 0.25) is 0 Å². The van der Waals surface area contributed by atoms with Crippen LogP contribution in [0.25, 0.3) is 0 Å². The van der Waals surface area contributed by atoms with Gasteiger partial charge in [0.05, 0.1) is 6.10 Å². The number of aliphatic hydroxyl groups excluding tert-OH is 1. The molecule has 0 aliphatic heterocycles. The van der Waals surface area contributed by atoms with E-state index in [0.717, 1.165) is 25.7 Å². The molecule has 0 saturated heterocycles. The molecule has 0 aliphatic carbocycles. The molecule has 0 fully saturated rings. The molecule has 22 heavy (non-hydrogen) atoms. The summed E-state index contributed by atoms with van der Waals surface area (Å²) in [6.07, 6.45) is 17.8. The van der Waals surface area contributed by atoms with Crippen molar-refractivity contribution in [2.75, 3.05) is 0 Å². The smallest absolute Gasteiger partial charge is 0.303 e.